The molecule has 0 bridgehead atoms. The van der Waals surface area contributed by atoms with E-state index in [2.05, 4.69) is 46.8 Å². The Kier molecular flexibility index (Phi) is 6.02. The molecular weight excluding hydrogens is 388 g/mol. The van der Waals surface area contributed by atoms with E-state index >= 15 is 0 Å². The average Bonchev–Trinajstić information content (AvgIpc) is 3.19. The minimum Gasteiger partial charge on any atom is -0.345 e. The highest BCUT2D eigenvalue weighted by Gasteiger charge is 2.23. The van der Waals surface area contributed by atoms with E-state index in [-0.39, 0.29) is 6.03 Å². The van der Waals surface area contributed by atoms with Gasteiger partial charge in [-0.05, 0) is 30.4 Å². The van der Waals surface area contributed by atoms with Crippen molar-refractivity contribution in [2.24, 2.45) is 0 Å². The van der Waals surface area contributed by atoms with E-state index in [0.29, 0.717) is 6.54 Å². The van der Waals surface area contributed by atoms with Crippen LogP contribution in [0.4, 0.5) is 9.93 Å². The van der Waals surface area contributed by atoms with E-state index in [1.807, 2.05) is 23.1 Å². The molecule has 7 heteroatoms. The maximum absolute atomic E-state index is 12.4. The molecule has 1 N–H and O–H groups in total. The number of hydrogen-bond donors (Lipinski definition) is 1. The number of hydrogen-bond acceptors (Lipinski definition) is 5. The molecule has 0 radical (unpaired) electrons. The third-order valence-corrected chi connectivity index (χ3v) is 6.81. The van der Waals surface area contributed by atoms with E-state index in [1.165, 1.54) is 15.2 Å². The topological polar surface area (TPSA) is 48.5 Å². The fourth-order valence-corrected chi connectivity index (χ4v) is 5.06. The molecule has 1 aliphatic rings. The van der Waals surface area contributed by atoms with Gasteiger partial charge in [-0.2, -0.15) is 0 Å². The molecule has 3 aromatic rings. The van der Waals surface area contributed by atoms with E-state index in [1.54, 1.807) is 23.1 Å². The van der Waals surface area contributed by atoms with Crippen LogP contribution in [0, 0.1) is 0 Å². The molecule has 0 saturated carbocycles. The average molecular weight is 413 g/mol. The summed E-state index contributed by atoms with van der Waals surface area (Å²) in [5.74, 6) is 0. The Bertz CT molecular complexity index is 936. The third kappa shape index (κ3) is 4.25. The molecule has 2 heterocycles. The highest BCUT2D eigenvalue weighted by atomic mass is 32.2. The Labute approximate surface area is 173 Å². The van der Waals surface area contributed by atoms with E-state index < -0.39 is 0 Å². The third-order valence-electron chi connectivity index (χ3n) is 4.96. The smallest absolute Gasteiger partial charge is 0.317 e. The van der Waals surface area contributed by atoms with Crippen molar-refractivity contribution in [2.75, 3.05) is 43.9 Å². The fourth-order valence-electron chi connectivity index (χ4n) is 3.38. The molecule has 0 atom stereocenters. The minimum absolute atomic E-state index is 0.0320. The first-order valence-electron chi connectivity index (χ1n) is 9.50. The minimum atomic E-state index is 0.0320. The largest absolute Gasteiger partial charge is 0.345 e. The van der Waals surface area contributed by atoms with E-state index in [0.717, 1.165) is 43.2 Å². The predicted octanol–water partition coefficient (Wildman–Crippen LogP) is 4.09. The van der Waals surface area contributed by atoms with Gasteiger partial charge in [-0.3, -0.25) is 0 Å². The number of para-hydroxylation sites is 1. The molecule has 0 aliphatic carbocycles. The van der Waals surface area contributed by atoms with Crippen LogP contribution in [0.1, 0.15) is 5.56 Å². The number of anilines is 1. The molecule has 2 amide bonds. The van der Waals surface area contributed by atoms with Crippen LogP contribution in [0.15, 0.2) is 53.4 Å². The number of thioether (sulfide) groups is 1. The zero-order chi connectivity index (χ0) is 19.3. The molecule has 0 spiro atoms. The lowest BCUT2D eigenvalue weighted by Gasteiger charge is -2.34. The van der Waals surface area contributed by atoms with Gasteiger partial charge in [-0.25, -0.2) is 9.78 Å². The van der Waals surface area contributed by atoms with Gasteiger partial charge in [-0.15, -0.1) is 11.8 Å². The number of fused-ring (bicyclic) bond motifs is 1. The zero-order valence-electron chi connectivity index (χ0n) is 15.9. The van der Waals surface area contributed by atoms with Crippen molar-refractivity contribution in [3.05, 3.63) is 54.1 Å². The maximum Gasteiger partial charge on any atom is 0.317 e. The fraction of sp³-hybridized carbons (Fsp3) is 0.333. The van der Waals surface area contributed by atoms with Gasteiger partial charge in [0.25, 0.3) is 0 Å². The van der Waals surface area contributed by atoms with Crippen molar-refractivity contribution in [3.63, 3.8) is 0 Å². The highest BCUT2D eigenvalue weighted by molar-refractivity contribution is 7.98. The summed E-state index contributed by atoms with van der Waals surface area (Å²) in [4.78, 5) is 22.7. The summed E-state index contributed by atoms with van der Waals surface area (Å²) in [6, 6.07) is 16.6. The van der Waals surface area contributed by atoms with Crippen LogP contribution in [0.25, 0.3) is 10.2 Å². The molecule has 1 aromatic heterocycles. The summed E-state index contributed by atoms with van der Waals surface area (Å²) in [7, 11) is 0. The van der Waals surface area contributed by atoms with Gasteiger partial charge in [-0.1, -0.05) is 47.7 Å². The van der Waals surface area contributed by atoms with Crippen LogP contribution in [-0.4, -0.2) is 54.9 Å². The summed E-state index contributed by atoms with van der Waals surface area (Å²) >= 11 is 3.47. The molecule has 1 aliphatic heterocycles. The number of carbonyl (C=O) groups is 1. The lowest BCUT2D eigenvalue weighted by Crippen LogP contribution is -2.52. The van der Waals surface area contributed by atoms with Crippen LogP contribution >= 0.6 is 23.1 Å². The molecule has 28 heavy (non-hydrogen) atoms. The number of piperazine rings is 1. The van der Waals surface area contributed by atoms with Crippen LogP contribution < -0.4 is 10.2 Å². The summed E-state index contributed by atoms with van der Waals surface area (Å²) in [5.41, 5.74) is 2.34. The number of urea groups is 1. The second kappa shape index (κ2) is 8.84. The van der Waals surface area contributed by atoms with Crippen LogP contribution in [0.5, 0.6) is 0 Å². The second-order valence-corrected chi connectivity index (χ2v) is 8.60. The molecule has 5 nitrogen and oxygen atoms in total. The second-order valence-electron chi connectivity index (χ2n) is 6.75. The Hall–Kier alpha value is -2.25. The molecule has 1 fully saturated rings. The Morgan fingerprint density at radius 1 is 1.11 bits per heavy atom. The number of thiazole rings is 1. The molecule has 1 saturated heterocycles. The number of carbonyl (C=O) groups excluding carboxylic acids is 1. The van der Waals surface area contributed by atoms with Crippen molar-refractivity contribution in [1.82, 2.24) is 15.2 Å². The summed E-state index contributed by atoms with van der Waals surface area (Å²) in [6.07, 6.45) is 2.94. The monoisotopic (exact) mass is 412 g/mol. The summed E-state index contributed by atoms with van der Waals surface area (Å²) in [6.45, 7) is 3.75. The first-order chi connectivity index (χ1) is 13.7. The lowest BCUT2D eigenvalue weighted by atomic mass is 10.1. The van der Waals surface area contributed by atoms with Gasteiger partial charge in [0.1, 0.15) is 0 Å². The number of rotatable bonds is 5. The molecule has 0 unspecified atom stereocenters. The van der Waals surface area contributed by atoms with Gasteiger partial charge in [0.2, 0.25) is 0 Å². The Morgan fingerprint density at radius 2 is 1.89 bits per heavy atom. The number of amides is 2. The highest BCUT2D eigenvalue weighted by Crippen LogP contribution is 2.34. The van der Waals surface area contributed by atoms with Gasteiger partial charge in [0, 0.05) is 37.6 Å². The van der Waals surface area contributed by atoms with Crippen LogP contribution in [0.3, 0.4) is 0 Å². The summed E-state index contributed by atoms with van der Waals surface area (Å²) < 4.78 is 1.22. The van der Waals surface area contributed by atoms with Crippen LogP contribution in [-0.2, 0) is 6.42 Å². The van der Waals surface area contributed by atoms with Gasteiger partial charge < -0.3 is 15.1 Å². The maximum atomic E-state index is 12.4. The van der Waals surface area contributed by atoms with Crippen molar-refractivity contribution in [2.45, 2.75) is 11.3 Å². The van der Waals surface area contributed by atoms with Gasteiger partial charge in [0.05, 0.1) is 10.2 Å². The number of aromatic nitrogens is 1. The van der Waals surface area contributed by atoms with Crippen LogP contribution in [0.2, 0.25) is 0 Å². The van der Waals surface area contributed by atoms with Crippen molar-refractivity contribution >= 4 is 44.5 Å². The molecular formula is C21H24N4OS2. The lowest BCUT2D eigenvalue weighted by molar-refractivity contribution is 0.194. The van der Waals surface area contributed by atoms with E-state index in [9.17, 15) is 4.79 Å². The summed E-state index contributed by atoms with van der Waals surface area (Å²) in [5, 5.41) is 4.10. The predicted molar refractivity (Wildman–Crippen MR) is 119 cm³/mol. The van der Waals surface area contributed by atoms with Crippen molar-refractivity contribution in [3.8, 4) is 0 Å². The van der Waals surface area contributed by atoms with Crippen molar-refractivity contribution < 1.29 is 4.79 Å². The normalized spacial score (nSPS) is 14.5. The number of nitrogens with one attached hydrogen (secondary N) is 1. The first-order valence-corrected chi connectivity index (χ1v) is 11.5. The molecule has 4 rings (SSSR count). The van der Waals surface area contributed by atoms with Gasteiger partial charge >= 0.3 is 6.03 Å². The quantitative estimate of drug-likeness (QED) is 0.641. The molecule has 146 valence electrons. The Balaban J connectivity index is 1.30. The van der Waals surface area contributed by atoms with Crippen molar-refractivity contribution in [1.29, 1.82) is 0 Å². The Morgan fingerprint density at radius 3 is 2.64 bits per heavy atom. The van der Waals surface area contributed by atoms with Gasteiger partial charge in [0.15, 0.2) is 5.13 Å². The number of nitrogens with zero attached hydrogens (tertiary/aromatic N) is 3. The molecule has 2 aromatic carbocycles. The first kappa shape index (κ1) is 19.1. The SMILES string of the molecule is CSc1cccc2sc(N3CCN(C(=O)NCCc4ccccc4)CC3)nc12. The zero-order valence-corrected chi connectivity index (χ0v) is 17.6. The number of benzene rings is 2. The standard InChI is InChI=1S/C21H24N4OS2/c1-27-17-8-5-9-18-19(17)23-21(28-18)25-14-12-24(13-15-25)20(26)22-11-10-16-6-3-2-4-7-16/h2-9H,10-15H2,1H3,(H,22,26). The van der Waals surface area contributed by atoms with E-state index in [4.69, 9.17) is 4.98 Å².